The summed E-state index contributed by atoms with van der Waals surface area (Å²) in [5.41, 5.74) is 1.21. The summed E-state index contributed by atoms with van der Waals surface area (Å²) in [6.45, 7) is 2.69. The van der Waals surface area contributed by atoms with Gasteiger partial charge in [-0.3, -0.25) is 10.1 Å². The lowest BCUT2D eigenvalue weighted by Crippen LogP contribution is -2.19. The van der Waals surface area contributed by atoms with E-state index in [0.717, 1.165) is 19.4 Å². The summed E-state index contributed by atoms with van der Waals surface area (Å²) in [5.74, 6) is 0. The molecule has 1 aromatic rings. The SMILES string of the molecule is CCCCN(C)c1ccc(CO)cc1[N+](=O)[O-]. The van der Waals surface area contributed by atoms with Gasteiger partial charge in [0.1, 0.15) is 5.69 Å². The molecular formula is C12H18N2O3. The van der Waals surface area contributed by atoms with Gasteiger partial charge < -0.3 is 10.0 Å². The first kappa shape index (κ1) is 13.4. The Labute approximate surface area is 101 Å². The van der Waals surface area contributed by atoms with Crippen molar-refractivity contribution in [3.05, 3.63) is 33.9 Å². The minimum atomic E-state index is -0.406. The second-order valence-corrected chi connectivity index (χ2v) is 4.01. The predicted molar refractivity (Wildman–Crippen MR) is 67.2 cm³/mol. The number of benzene rings is 1. The monoisotopic (exact) mass is 238 g/mol. The molecule has 0 spiro atoms. The summed E-state index contributed by atoms with van der Waals surface area (Å²) in [4.78, 5) is 12.4. The molecule has 94 valence electrons. The number of nitro groups is 1. The number of aliphatic hydroxyl groups excluding tert-OH is 1. The van der Waals surface area contributed by atoms with E-state index in [1.807, 2.05) is 11.9 Å². The molecule has 1 aromatic carbocycles. The predicted octanol–water partition coefficient (Wildman–Crippen LogP) is 2.32. The summed E-state index contributed by atoms with van der Waals surface area (Å²) < 4.78 is 0. The van der Waals surface area contributed by atoms with Crippen molar-refractivity contribution in [3.63, 3.8) is 0 Å². The molecule has 5 heteroatoms. The van der Waals surface area contributed by atoms with Crippen LogP contribution in [0.2, 0.25) is 0 Å². The lowest BCUT2D eigenvalue weighted by molar-refractivity contribution is -0.384. The van der Waals surface area contributed by atoms with Gasteiger partial charge in [0.15, 0.2) is 0 Å². The zero-order valence-corrected chi connectivity index (χ0v) is 10.2. The Morgan fingerprint density at radius 3 is 2.71 bits per heavy atom. The zero-order valence-electron chi connectivity index (χ0n) is 10.2. The van der Waals surface area contributed by atoms with Crippen molar-refractivity contribution in [2.24, 2.45) is 0 Å². The molecule has 0 fully saturated rings. The molecule has 5 nitrogen and oxygen atoms in total. The number of hydrogen-bond acceptors (Lipinski definition) is 4. The van der Waals surface area contributed by atoms with Crippen LogP contribution in [0.5, 0.6) is 0 Å². The highest BCUT2D eigenvalue weighted by Crippen LogP contribution is 2.28. The van der Waals surface area contributed by atoms with E-state index in [0.29, 0.717) is 11.3 Å². The second-order valence-electron chi connectivity index (χ2n) is 4.01. The van der Waals surface area contributed by atoms with Gasteiger partial charge in [0.05, 0.1) is 11.5 Å². The van der Waals surface area contributed by atoms with Crippen LogP contribution < -0.4 is 4.90 Å². The van der Waals surface area contributed by atoms with Gasteiger partial charge in [0.2, 0.25) is 0 Å². The van der Waals surface area contributed by atoms with Crippen LogP contribution in [0, 0.1) is 10.1 Å². The number of nitro benzene ring substituents is 1. The molecule has 0 heterocycles. The zero-order chi connectivity index (χ0) is 12.8. The van der Waals surface area contributed by atoms with Crippen LogP contribution in [0.3, 0.4) is 0 Å². The summed E-state index contributed by atoms with van der Waals surface area (Å²) in [6, 6.07) is 4.84. The summed E-state index contributed by atoms with van der Waals surface area (Å²) in [7, 11) is 1.84. The number of anilines is 1. The lowest BCUT2D eigenvalue weighted by Gasteiger charge is -2.19. The van der Waals surface area contributed by atoms with Gasteiger partial charge in [-0.2, -0.15) is 0 Å². The Balaban J connectivity index is 3.01. The van der Waals surface area contributed by atoms with Crippen LogP contribution in [0.4, 0.5) is 11.4 Å². The van der Waals surface area contributed by atoms with Gasteiger partial charge in [-0.1, -0.05) is 19.4 Å². The molecule has 0 saturated heterocycles. The van der Waals surface area contributed by atoms with E-state index >= 15 is 0 Å². The largest absolute Gasteiger partial charge is 0.392 e. The molecule has 0 amide bonds. The molecule has 0 aromatic heterocycles. The highest BCUT2D eigenvalue weighted by molar-refractivity contribution is 5.63. The highest BCUT2D eigenvalue weighted by Gasteiger charge is 2.17. The molecule has 0 aliphatic rings. The molecule has 0 aliphatic heterocycles. The first-order chi connectivity index (χ1) is 8.10. The van der Waals surface area contributed by atoms with E-state index < -0.39 is 4.92 Å². The minimum Gasteiger partial charge on any atom is -0.392 e. The van der Waals surface area contributed by atoms with Crippen LogP contribution >= 0.6 is 0 Å². The summed E-state index contributed by atoms with van der Waals surface area (Å²) >= 11 is 0. The van der Waals surface area contributed by atoms with Crippen LogP contribution in [0.25, 0.3) is 0 Å². The quantitative estimate of drug-likeness (QED) is 0.610. The van der Waals surface area contributed by atoms with Crippen LogP contribution in [0.1, 0.15) is 25.3 Å². The number of hydrogen-bond donors (Lipinski definition) is 1. The Hall–Kier alpha value is -1.62. The first-order valence-electron chi connectivity index (χ1n) is 5.69. The Morgan fingerprint density at radius 1 is 1.47 bits per heavy atom. The van der Waals surface area contributed by atoms with Crippen molar-refractivity contribution in [2.75, 3.05) is 18.5 Å². The molecule has 0 aliphatic carbocycles. The van der Waals surface area contributed by atoms with Crippen LogP contribution in [-0.2, 0) is 6.61 Å². The molecule has 17 heavy (non-hydrogen) atoms. The Morgan fingerprint density at radius 2 is 2.18 bits per heavy atom. The fraction of sp³-hybridized carbons (Fsp3) is 0.500. The Bertz CT molecular complexity index is 393. The van der Waals surface area contributed by atoms with Crippen molar-refractivity contribution in [3.8, 4) is 0 Å². The van der Waals surface area contributed by atoms with Gasteiger partial charge in [-0.15, -0.1) is 0 Å². The third kappa shape index (κ3) is 3.42. The Kier molecular flexibility index (Phi) is 4.90. The summed E-state index contributed by atoms with van der Waals surface area (Å²) in [5, 5.41) is 19.9. The number of rotatable bonds is 6. The van der Waals surface area contributed by atoms with Crippen LogP contribution in [0.15, 0.2) is 18.2 Å². The van der Waals surface area contributed by atoms with Gasteiger partial charge in [-0.25, -0.2) is 0 Å². The number of unbranched alkanes of at least 4 members (excludes halogenated alkanes) is 1. The maximum Gasteiger partial charge on any atom is 0.292 e. The fourth-order valence-electron chi connectivity index (χ4n) is 1.65. The van der Waals surface area contributed by atoms with Crippen molar-refractivity contribution in [1.82, 2.24) is 0 Å². The average molecular weight is 238 g/mol. The van der Waals surface area contributed by atoms with E-state index in [1.165, 1.54) is 6.07 Å². The molecule has 1 N–H and O–H groups in total. The van der Waals surface area contributed by atoms with E-state index in [4.69, 9.17) is 5.11 Å². The van der Waals surface area contributed by atoms with Crippen molar-refractivity contribution >= 4 is 11.4 Å². The van der Waals surface area contributed by atoms with Crippen molar-refractivity contribution < 1.29 is 10.0 Å². The molecule has 0 unspecified atom stereocenters. The van der Waals surface area contributed by atoms with Crippen molar-refractivity contribution in [1.29, 1.82) is 0 Å². The molecule has 1 rings (SSSR count). The van der Waals surface area contributed by atoms with Gasteiger partial charge in [0, 0.05) is 19.7 Å². The maximum atomic E-state index is 11.0. The third-order valence-electron chi connectivity index (χ3n) is 2.68. The molecule has 0 bridgehead atoms. The molecular weight excluding hydrogens is 220 g/mol. The minimum absolute atomic E-state index is 0.0511. The number of nitrogens with zero attached hydrogens (tertiary/aromatic N) is 2. The van der Waals surface area contributed by atoms with Crippen molar-refractivity contribution in [2.45, 2.75) is 26.4 Å². The number of aliphatic hydroxyl groups is 1. The maximum absolute atomic E-state index is 11.0. The van der Waals surface area contributed by atoms with Crippen LogP contribution in [-0.4, -0.2) is 23.6 Å². The second kappa shape index (κ2) is 6.20. The lowest BCUT2D eigenvalue weighted by atomic mass is 10.1. The van der Waals surface area contributed by atoms with Gasteiger partial charge in [0.25, 0.3) is 5.69 Å². The normalized spacial score (nSPS) is 10.3. The van der Waals surface area contributed by atoms with E-state index in [9.17, 15) is 10.1 Å². The smallest absolute Gasteiger partial charge is 0.292 e. The van der Waals surface area contributed by atoms with E-state index in [-0.39, 0.29) is 12.3 Å². The fourth-order valence-corrected chi connectivity index (χ4v) is 1.65. The van der Waals surface area contributed by atoms with Gasteiger partial charge >= 0.3 is 0 Å². The highest BCUT2D eigenvalue weighted by atomic mass is 16.6. The topological polar surface area (TPSA) is 66.6 Å². The standard InChI is InChI=1S/C12H18N2O3/c1-3-4-7-13(2)11-6-5-10(9-15)8-12(11)14(16)17/h5-6,8,15H,3-4,7,9H2,1-2H3. The molecule has 0 atom stereocenters. The molecule has 0 saturated carbocycles. The third-order valence-corrected chi connectivity index (χ3v) is 2.68. The van der Waals surface area contributed by atoms with E-state index in [2.05, 4.69) is 6.92 Å². The summed E-state index contributed by atoms with van der Waals surface area (Å²) in [6.07, 6.45) is 2.04. The first-order valence-corrected chi connectivity index (χ1v) is 5.69. The van der Waals surface area contributed by atoms with E-state index in [1.54, 1.807) is 12.1 Å². The average Bonchev–Trinajstić information content (AvgIpc) is 2.35. The molecule has 0 radical (unpaired) electrons. The van der Waals surface area contributed by atoms with Gasteiger partial charge in [-0.05, 0) is 18.1 Å².